The molecule has 1 aromatic heterocycles. The number of carbonyl (C=O) groups is 1. The van der Waals surface area contributed by atoms with E-state index in [1.807, 2.05) is 0 Å². The van der Waals surface area contributed by atoms with Crippen LogP contribution in [-0.4, -0.2) is 39.0 Å². The zero-order valence-electron chi connectivity index (χ0n) is 16.8. The summed E-state index contributed by atoms with van der Waals surface area (Å²) in [5.41, 5.74) is 1.59. The summed E-state index contributed by atoms with van der Waals surface area (Å²) in [6.07, 6.45) is 5.46. The summed E-state index contributed by atoms with van der Waals surface area (Å²) < 4.78 is 46.7. The normalized spacial score (nSPS) is 17.8. The lowest BCUT2D eigenvalue weighted by Crippen LogP contribution is -2.37. The second-order valence-electron chi connectivity index (χ2n) is 7.77. The fraction of sp³-hybridized carbons (Fsp3) is 0.476. The predicted molar refractivity (Wildman–Crippen MR) is 112 cm³/mol. The molecule has 0 atom stereocenters. The zero-order chi connectivity index (χ0) is 21.3. The van der Waals surface area contributed by atoms with Crippen molar-refractivity contribution in [3.8, 4) is 0 Å². The van der Waals surface area contributed by atoms with Gasteiger partial charge in [-0.25, -0.2) is 22.3 Å². The third-order valence-electron chi connectivity index (χ3n) is 5.91. The van der Waals surface area contributed by atoms with Gasteiger partial charge in [-0.15, -0.1) is 11.3 Å². The largest absolute Gasteiger partial charge is 0.465 e. The average molecular weight is 453 g/mol. The highest BCUT2D eigenvalue weighted by Crippen LogP contribution is 2.38. The first-order chi connectivity index (χ1) is 14.4. The Morgan fingerprint density at radius 2 is 1.97 bits per heavy atom. The van der Waals surface area contributed by atoms with Crippen molar-refractivity contribution in [2.75, 3.05) is 13.7 Å². The van der Waals surface area contributed by atoms with Gasteiger partial charge >= 0.3 is 5.97 Å². The Labute approximate surface area is 180 Å². The second kappa shape index (κ2) is 8.74. The van der Waals surface area contributed by atoms with E-state index in [4.69, 9.17) is 4.74 Å². The third kappa shape index (κ3) is 4.30. The van der Waals surface area contributed by atoms with Crippen LogP contribution in [-0.2, 0) is 34.3 Å². The van der Waals surface area contributed by atoms with Crippen molar-refractivity contribution in [1.29, 1.82) is 0 Å². The van der Waals surface area contributed by atoms with Gasteiger partial charge in [-0.3, -0.25) is 4.90 Å². The number of thiophene rings is 1. The van der Waals surface area contributed by atoms with Crippen molar-refractivity contribution in [2.45, 2.75) is 55.4 Å². The molecule has 1 fully saturated rings. The minimum absolute atomic E-state index is 0.00901. The summed E-state index contributed by atoms with van der Waals surface area (Å²) >= 11 is 1.16. The third-order valence-corrected chi connectivity index (χ3v) is 9.04. The molecule has 30 heavy (non-hydrogen) atoms. The quantitative estimate of drug-likeness (QED) is 0.680. The standard InChI is InChI=1S/C21H25FN2O4S2/c1-28-20(25)19-17-10-11-24(16-4-2-3-5-16)13-18(17)29-21(19)30(26,27)23-12-14-6-8-15(22)9-7-14/h6-9,16,23H,2-5,10-13H2,1H3. The predicted octanol–water partition coefficient (Wildman–Crippen LogP) is 3.45. The van der Waals surface area contributed by atoms with Gasteiger partial charge in [-0.2, -0.15) is 0 Å². The molecule has 4 rings (SSSR count). The highest BCUT2D eigenvalue weighted by Gasteiger charge is 2.35. The summed E-state index contributed by atoms with van der Waals surface area (Å²) in [4.78, 5) is 15.8. The number of carbonyl (C=O) groups excluding carboxylic acids is 1. The second-order valence-corrected chi connectivity index (χ2v) is 10.8. The summed E-state index contributed by atoms with van der Waals surface area (Å²) in [6, 6.07) is 6.16. The lowest BCUT2D eigenvalue weighted by atomic mass is 10.0. The number of methoxy groups -OCH3 is 1. The van der Waals surface area contributed by atoms with Crippen LogP contribution in [0.5, 0.6) is 0 Å². The van der Waals surface area contributed by atoms with E-state index >= 15 is 0 Å². The maximum absolute atomic E-state index is 13.1. The molecular formula is C21H25FN2O4S2. The number of benzene rings is 1. The van der Waals surface area contributed by atoms with Gasteiger partial charge in [0.1, 0.15) is 10.0 Å². The van der Waals surface area contributed by atoms with E-state index in [1.54, 1.807) is 0 Å². The van der Waals surface area contributed by atoms with Gasteiger partial charge < -0.3 is 4.74 Å². The fourth-order valence-corrected chi connectivity index (χ4v) is 7.29. The molecule has 162 valence electrons. The molecule has 1 aromatic carbocycles. The van der Waals surface area contributed by atoms with Crippen LogP contribution in [0.3, 0.4) is 0 Å². The van der Waals surface area contributed by atoms with E-state index in [0.717, 1.165) is 28.3 Å². The number of esters is 1. The van der Waals surface area contributed by atoms with Crippen LogP contribution in [0.25, 0.3) is 0 Å². The van der Waals surface area contributed by atoms with Gasteiger partial charge in [0.2, 0.25) is 0 Å². The molecule has 0 amide bonds. The van der Waals surface area contributed by atoms with Crippen LogP contribution in [0.4, 0.5) is 4.39 Å². The molecule has 1 N–H and O–H groups in total. The molecule has 1 aliphatic heterocycles. The average Bonchev–Trinajstić information content (AvgIpc) is 3.40. The van der Waals surface area contributed by atoms with E-state index in [0.29, 0.717) is 24.6 Å². The van der Waals surface area contributed by atoms with Crippen molar-refractivity contribution in [2.24, 2.45) is 0 Å². The number of hydrogen-bond acceptors (Lipinski definition) is 6. The zero-order valence-corrected chi connectivity index (χ0v) is 18.5. The summed E-state index contributed by atoms with van der Waals surface area (Å²) in [6.45, 7) is 1.50. The monoisotopic (exact) mass is 452 g/mol. The van der Waals surface area contributed by atoms with Crippen molar-refractivity contribution in [3.05, 3.63) is 51.7 Å². The molecule has 1 aliphatic carbocycles. The van der Waals surface area contributed by atoms with Gasteiger partial charge in [-0.1, -0.05) is 25.0 Å². The van der Waals surface area contributed by atoms with Crippen molar-refractivity contribution < 1.29 is 22.3 Å². The molecule has 6 nitrogen and oxygen atoms in total. The smallest absolute Gasteiger partial charge is 0.340 e. The van der Waals surface area contributed by atoms with E-state index in [9.17, 15) is 17.6 Å². The molecule has 2 aromatic rings. The Morgan fingerprint density at radius 1 is 1.27 bits per heavy atom. The number of rotatable bonds is 6. The number of sulfonamides is 1. The molecule has 0 bridgehead atoms. The number of ether oxygens (including phenoxy) is 1. The van der Waals surface area contributed by atoms with Crippen LogP contribution in [0.1, 0.15) is 52.0 Å². The number of nitrogens with zero attached hydrogens (tertiary/aromatic N) is 1. The lowest BCUT2D eigenvalue weighted by Gasteiger charge is -2.32. The van der Waals surface area contributed by atoms with Gasteiger partial charge in [0.05, 0.1) is 12.7 Å². The van der Waals surface area contributed by atoms with Crippen molar-refractivity contribution in [1.82, 2.24) is 9.62 Å². The molecule has 0 unspecified atom stereocenters. The highest BCUT2D eigenvalue weighted by molar-refractivity contribution is 7.91. The topological polar surface area (TPSA) is 75.7 Å². The van der Waals surface area contributed by atoms with E-state index in [-0.39, 0.29) is 22.1 Å². The SMILES string of the molecule is COC(=O)c1c(S(=O)(=O)NCc2ccc(F)cc2)sc2c1CCN(C1CCCC1)C2. The van der Waals surface area contributed by atoms with Gasteiger partial charge in [0.25, 0.3) is 10.0 Å². The maximum Gasteiger partial charge on any atom is 0.340 e. The minimum Gasteiger partial charge on any atom is -0.465 e. The Hall–Kier alpha value is -1.81. The molecule has 0 saturated heterocycles. The minimum atomic E-state index is -3.93. The van der Waals surface area contributed by atoms with Gasteiger partial charge in [0, 0.05) is 30.6 Å². The van der Waals surface area contributed by atoms with Gasteiger partial charge in [0.15, 0.2) is 0 Å². The fourth-order valence-electron chi connectivity index (χ4n) is 4.32. The number of hydrogen-bond donors (Lipinski definition) is 1. The Balaban J connectivity index is 1.61. The molecule has 2 aliphatic rings. The Bertz CT molecular complexity index is 1030. The maximum atomic E-state index is 13.1. The van der Waals surface area contributed by atoms with Crippen LogP contribution < -0.4 is 4.72 Å². The summed E-state index contributed by atoms with van der Waals surface area (Å²) in [7, 11) is -2.66. The first-order valence-electron chi connectivity index (χ1n) is 10.1. The van der Waals surface area contributed by atoms with E-state index < -0.39 is 16.0 Å². The Kier molecular flexibility index (Phi) is 6.24. The van der Waals surface area contributed by atoms with Crippen LogP contribution >= 0.6 is 11.3 Å². The summed E-state index contributed by atoms with van der Waals surface area (Å²) in [5, 5.41) is 0. The number of halogens is 1. The molecular weight excluding hydrogens is 427 g/mol. The summed E-state index contributed by atoms with van der Waals surface area (Å²) in [5.74, 6) is -1.00. The van der Waals surface area contributed by atoms with Gasteiger partial charge in [-0.05, 0) is 42.5 Å². The van der Waals surface area contributed by atoms with Crippen LogP contribution in [0.2, 0.25) is 0 Å². The highest BCUT2D eigenvalue weighted by atomic mass is 32.2. The first-order valence-corrected chi connectivity index (χ1v) is 12.4. The van der Waals surface area contributed by atoms with E-state index in [1.165, 1.54) is 57.1 Å². The molecule has 0 radical (unpaired) electrons. The van der Waals surface area contributed by atoms with Crippen LogP contribution in [0, 0.1) is 5.82 Å². The first kappa shape index (κ1) is 21.4. The molecule has 0 spiro atoms. The van der Waals surface area contributed by atoms with E-state index in [2.05, 4.69) is 9.62 Å². The molecule has 1 saturated carbocycles. The molecule has 2 heterocycles. The number of nitrogens with one attached hydrogen (secondary N) is 1. The van der Waals surface area contributed by atoms with Crippen molar-refractivity contribution in [3.63, 3.8) is 0 Å². The number of fused-ring (bicyclic) bond motifs is 1. The molecule has 9 heteroatoms. The van der Waals surface area contributed by atoms with Crippen molar-refractivity contribution >= 4 is 27.3 Å². The van der Waals surface area contributed by atoms with Crippen LogP contribution in [0.15, 0.2) is 28.5 Å². The Morgan fingerprint density at radius 3 is 2.63 bits per heavy atom. The lowest BCUT2D eigenvalue weighted by molar-refractivity contribution is 0.0595.